The van der Waals surface area contributed by atoms with Gasteiger partial charge in [-0.05, 0) is 56.8 Å². The molecule has 33 heavy (non-hydrogen) atoms. The minimum absolute atomic E-state index is 0.106. The number of ether oxygens (including phenoxy) is 1. The second kappa shape index (κ2) is 9.27. The summed E-state index contributed by atoms with van der Waals surface area (Å²) < 4.78 is 7.69. The van der Waals surface area contributed by atoms with E-state index in [0.717, 1.165) is 34.0 Å². The molecule has 0 spiro atoms. The summed E-state index contributed by atoms with van der Waals surface area (Å²) in [5, 5.41) is 2.08. The summed E-state index contributed by atoms with van der Waals surface area (Å²) in [5.41, 5.74) is 5.55. The van der Waals surface area contributed by atoms with Crippen molar-refractivity contribution in [1.29, 1.82) is 0 Å². The maximum absolute atomic E-state index is 13.3. The van der Waals surface area contributed by atoms with E-state index in [1.54, 1.807) is 29.0 Å². The summed E-state index contributed by atoms with van der Waals surface area (Å²) >= 11 is 1.69. The van der Waals surface area contributed by atoms with E-state index in [-0.39, 0.29) is 11.5 Å². The minimum atomic E-state index is -0.106. The molecule has 4 rings (SSSR count). The van der Waals surface area contributed by atoms with Crippen LogP contribution < -0.4 is 10.3 Å². The van der Waals surface area contributed by atoms with Gasteiger partial charge in [0.15, 0.2) is 0 Å². The lowest BCUT2D eigenvalue weighted by atomic mass is 10.1. The van der Waals surface area contributed by atoms with E-state index in [1.807, 2.05) is 38.2 Å². The zero-order valence-electron chi connectivity index (χ0n) is 19.8. The number of aromatic nitrogens is 4. The molecule has 0 amide bonds. The second-order valence-corrected chi connectivity index (χ2v) is 9.70. The van der Waals surface area contributed by atoms with Crippen LogP contribution in [0.2, 0.25) is 0 Å². The van der Waals surface area contributed by atoms with Crippen LogP contribution in [0.15, 0.2) is 46.8 Å². The van der Waals surface area contributed by atoms with Gasteiger partial charge in [0.05, 0.1) is 22.6 Å². The van der Waals surface area contributed by atoms with Gasteiger partial charge in [0.1, 0.15) is 18.2 Å². The van der Waals surface area contributed by atoms with E-state index < -0.39 is 0 Å². The largest absolute Gasteiger partial charge is 0.488 e. The molecule has 4 aromatic heterocycles. The number of thiophene rings is 1. The highest BCUT2D eigenvalue weighted by Crippen LogP contribution is 2.25. The van der Waals surface area contributed by atoms with E-state index in [0.29, 0.717) is 23.6 Å². The number of hydrogen-bond donors (Lipinski definition) is 0. The molecule has 0 N–H and O–H groups in total. The highest BCUT2D eigenvalue weighted by atomic mass is 32.1. The summed E-state index contributed by atoms with van der Waals surface area (Å²) in [7, 11) is 0. The Morgan fingerprint density at radius 3 is 2.58 bits per heavy atom. The van der Waals surface area contributed by atoms with Crippen LogP contribution in [0.1, 0.15) is 52.9 Å². The molecular weight excluding hydrogens is 432 g/mol. The lowest BCUT2D eigenvalue weighted by molar-refractivity contribution is 0.303. The fourth-order valence-corrected chi connectivity index (χ4v) is 4.38. The average Bonchev–Trinajstić information content (AvgIpc) is 3.21. The number of pyridine rings is 2. The standard InChI is InChI=1S/C26H28N4O2S/c1-15(2)25-28-12-16(3)24(29-25)22-11-21(7-8-27-22)30-17(4)9-23(19(6)26(30)31)32-13-20-10-18(5)33-14-20/h7-12,14-15H,13H2,1-6H3. The summed E-state index contributed by atoms with van der Waals surface area (Å²) in [6, 6.07) is 7.77. The molecule has 0 aliphatic rings. The van der Waals surface area contributed by atoms with E-state index in [9.17, 15) is 4.79 Å². The Hall–Kier alpha value is -3.32. The Balaban J connectivity index is 1.71. The van der Waals surface area contributed by atoms with Crippen molar-refractivity contribution >= 4 is 11.3 Å². The maximum atomic E-state index is 13.3. The molecule has 0 aliphatic heterocycles. The molecule has 0 aliphatic carbocycles. The summed E-state index contributed by atoms with van der Waals surface area (Å²) in [6.07, 6.45) is 3.54. The number of hydrogen-bond acceptors (Lipinski definition) is 6. The number of aryl methyl sites for hydroxylation is 3. The first-order valence-corrected chi connectivity index (χ1v) is 11.8. The van der Waals surface area contributed by atoms with Crippen LogP contribution in [0.5, 0.6) is 5.75 Å². The average molecular weight is 461 g/mol. The first-order valence-electron chi connectivity index (χ1n) is 10.9. The fraction of sp³-hybridized carbons (Fsp3) is 0.308. The van der Waals surface area contributed by atoms with E-state index in [4.69, 9.17) is 9.72 Å². The summed E-state index contributed by atoms with van der Waals surface area (Å²) in [5.74, 6) is 1.60. The first-order chi connectivity index (χ1) is 15.7. The van der Waals surface area contributed by atoms with Gasteiger partial charge >= 0.3 is 0 Å². The normalized spacial score (nSPS) is 11.2. The Labute approximate surface area is 198 Å². The van der Waals surface area contributed by atoms with Gasteiger partial charge in [0, 0.05) is 40.5 Å². The van der Waals surface area contributed by atoms with Crippen molar-refractivity contribution in [2.75, 3.05) is 0 Å². The molecule has 0 saturated carbocycles. The molecule has 0 fully saturated rings. The third-order valence-electron chi connectivity index (χ3n) is 5.52. The van der Waals surface area contributed by atoms with Crippen molar-refractivity contribution in [2.24, 2.45) is 0 Å². The minimum Gasteiger partial charge on any atom is -0.488 e. The maximum Gasteiger partial charge on any atom is 0.261 e. The van der Waals surface area contributed by atoms with Gasteiger partial charge in [-0.1, -0.05) is 13.8 Å². The number of nitrogens with zero attached hydrogens (tertiary/aromatic N) is 4. The molecule has 0 unspecified atom stereocenters. The van der Waals surface area contributed by atoms with E-state index >= 15 is 0 Å². The molecule has 170 valence electrons. The zero-order chi connectivity index (χ0) is 23.7. The molecule has 4 aromatic rings. The van der Waals surface area contributed by atoms with Crippen molar-refractivity contribution in [3.63, 3.8) is 0 Å². The van der Waals surface area contributed by atoms with Gasteiger partial charge in [-0.2, -0.15) is 0 Å². The Bertz CT molecular complexity index is 1370. The van der Waals surface area contributed by atoms with Gasteiger partial charge in [-0.3, -0.25) is 14.3 Å². The second-order valence-electron chi connectivity index (χ2n) is 8.58. The van der Waals surface area contributed by atoms with Crippen LogP contribution in [0.4, 0.5) is 0 Å². The van der Waals surface area contributed by atoms with Gasteiger partial charge in [-0.25, -0.2) is 9.97 Å². The molecule has 0 radical (unpaired) electrons. The van der Waals surface area contributed by atoms with Gasteiger partial charge in [-0.15, -0.1) is 11.3 Å². The molecule has 4 heterocycles. The van der Waals surface area contributed by atoms with Crippen molar-refractivity contribution in [3.05, 3.63) is 85.5 Å². The van der Waals surface area contributed by atoms with Crippen LogP contribution in [0.25, 0.3) is 17.1 Å². The van der Waals surface area contributed by atoms with Crippen LogP contribution in [-0.4, -0.2) is 19.5 Å². The quantitative estimate of drug-likeness (QED) is 0.370. The van der Waals surface area contributed by atoms with Crippen molar-refractivity contribution in [2.45, 2.75) is 54.1 Å². The van der Waals surface area contributed by atoms with Gasteiger partial charge in [0.25, 0.3) is 5.56 Å². The third-order valence-corrected chi connectivity index (χ3v) is 6.43. The van der Waals surface area contributed by atoms with Crippen LogP contribution in [0, 0.1) is 27.7 Å². The van der Waals surface area contributed by atoms with Crippen LogP contribution in [0.3, 0.4) is 0 Å². The summed E-state index contributed by atoms with van der Waals surface area (Å²) in [4.78, 5) is 28.3. The van der Waals surface area contributed by atoms with Crippen LogP contribution in [-0.2, 0) is 6.61 Å². The Kier molecular flexibility index (Phi) is 6.42. The highest BCUT2D eigenvalue weighted by molar-refractivity contribution is 7.10. The SMILES string of the molecule is Cc1cc(COc2cc(C)n(-c3ccnc(-c4nc(C(C)C)ncc4C)c3)c(=O)c2C)cs1. The molecule has 0 bridgehead atoms. The molecular formula is C26H28N4O2S. The first kappa shape index (κ1) is 22.9. The van der Waals surface area contributed by atoms with Crippen molar-refractivity contribution in [3.8, 4) is 22.8 Å². The van der Waals surface area contributed by atoms with Gasteiger partial charge < -0.3 is 4.74 Å². The van der Waals surface area contributed by atoms with Crippen LogP contribution >= 0.6 is 11.3 Å². The Morgan fingerprint density at radius 1 is 1.09 bits per heavy atom. The third kappa shape index (κ3) is 4.73. The van der Waals surface area contributed by atoms with Gasteiger partial charge in [0.2, 0.25) is 0 Å². The fourth-order valence-electron chi connectivity index (χ4n) is 3.68. The molecule has 7 heteroatoms. The highest BCUT2D eigenvalue weighted by Gasteiger charge is 2.15. The molecule has 0 saturated heterocycles. The van der Waals surface area contributed by atoms with E-state index in [1.165, 1.54) is 4.88 Å². The van der Waals surface area contributed by atoms with Crippen molar-refractivity contribution in [1.82, 2.24) is 19.5 Å². The topological polar surface area (TPSA) is 69.9 Å². The van der Waals surface area contributed by atoms with E-state index in [2.05, 4.69) is 42.2 Å². The number of rotatable bonds is 6. The summed E-state index contributed by atoms with van der Waals surface area (Å²) in [6.45, 7) is 12.3. The molecule has 6 nitrogen and oxygen atoms in total. The zero-order valence-corrected chi connectivity index (χ0v) is 20.7. The smallest absolute Gasteiger partial charge is 0.261 e. The van der Waals surface area contributed by atoms with Crippen molar-refractivity contribution < 1.29 is 4.74 Å². The Morgan fingerprint density at radius 2 is 1.88 bits per heavy atom. The molecule has 0 atom stereocenters. The monoisotopic (exact) mass is 460 g/mol. The lowest BCUT2D eigenvalue weighted by Crippen LogP contribution is -2.23. The molecule has 0 aromatic carbocycles. The predicted molar refractivity (Wildman–Crippen MR) is 133 cm³/mol. The predicted octanol–water partition coefficient (Wildman–Crippen LogP) is 5.69. The lowest BCUT2D eigenvalue weighted by Gasteiger charge is -2.16.